The molecular weight excluding hydrogens is 270 g/mol. The van der Waals surface area contributed by atoms with Crippen molar-refractivity contribution in [3.63, 3.8) is 0 Å². The molecule has 1 aliphatic rings. The van der Waals surface area contributed by atoms with Gasteiger partial charge in [0.05, 0.1) is 12.8 Å². The molecule has 0 saturated heterocycles. The number of aromatic nitrogens is 4. The zero-order valence-corrected chi connectivity index (χ0v) is 11.9. The van der Waals surface area contributed by atoms with Crippen LogP contribution in [0.3, 0.4) is 0 Å². The molecule has 7 heteroatoms. The van der Waals surface area contributed by atoms with Gasteiger partial charge in [-0.25, -0.2) is 24.7 Å². The normalized spacial score (nSPS) is 13.6. The Morgan fingerprint density at radius 2 is 2.00 bits per heavy atom. The maximum Gasteiger partial charge on any atom is 0.357 e. The molecule has 0 saturated carbocycles. The smallest absolute Gasteiger partial charge is 0.357 e. The van der Waals surface area contributed by atoms with E-state index in [2.05, 4.69) is 25.3 Å². The third-order valence-corrected chi connectivity index (χ3v) is 3.30. The van der Waals surface area contributed by atoms with Crippen LogP contribution < -0.4 is 5.32 Å². The molecule has 108 valence electrons. The number of hydrogen-bond donors (Lipinski definition) is 1. The molecule has 1 aliphatic heterocycles. The minimum Gasteiger partial charge on any atom is -0.464 e. The van der Waals surface area contributed by atoms with Crippen LogP contribution in [0.4, 0.5) is 0 Å². The van der Waals surface area contributed by atoms with E-state index in [0.717, 1.165) is 23.4 Å². The van der Waals surface area contributed by atoms with Crippen molar-refractivity contribution in [2.45, 2.75) is 19.9 Å². The minimum absolute atomic E-state index is 0.308. The summed E-state index contributed by atoms with van der Waals surface area (Å²) in [5.74, 6) is 0.292. The monoisotopic (exact) mass is 285 g/mol. The molecule has 0 fully saturated rings. The van der Waals surface area contributed by atoms with Crippen LogP contribution in [0.1, 0.15) is 27.3 Å². The van der Waals surface area contributed by atoms with Crippen LogP contribution in [0, 0.1) is 6.92 Å². The zero-order chi connectivity index (χ0) is 14.8. The molecule has 21 heavy (non-hydrogen) atoms. The van der Waals surface area contributed by atoms with Gasteiger partial charge in [-0.05, 0) is 25.5 Å². The lowest BCUT2D eigenvalue weighted by Gasteiger charge is -2.18. The highest BCUT2D eigenvalue weighted by atomic mass is 16.5. The Kier molecular flexibility index (Phi) is 3.57. The number of nitrogens with one attached hydrogen (secondary N) is 1. The lowest BCUT2D eigenvalue weighted by Crippen LogP contribution is -2.28. The third-order valence-electron chi connectivity index (χ3n) is 3.30. The number of carbonyl (C=O) groups excluding carboxylic acids is 1. The first kappa shape index (κ1) is 13.6. The quantitative estimate of drug-likeness (QED) is 0.811. The van der Waals surface area contributed by atoms with Gasteiger partial charge in [0.15, 0.2) is 17.3 Å². The SMILES string of the molecule is COC(=O)c1nc(-c2ncc(C)cn2)nc2c1CCNC2. The van der Waals surface area contributed by atoms with Crippen LogP contribution in [-0.4, -0.2) is 39.6 Å². The highest BCUT2D eigenvalue weighted by Gasteiger charge is 2.23. The van der Waals surface area contributed by atoms with Crippen molar-refractivity contribution in [3.8, 4) is 11.6 Å². The average Bonchev–Trinajstić information content (AvgIpc) is 2.53. The third kappa shape index (κ3) is 2.59. The van der Waals surface area contributed by atoms with Gasteiger partial charge in [-0.3, -0.25) is 0 Å². The van der Waals surface area contributed by atoms with E-state index >= 15 is 0 Å². The zero-order valence-electron chi connectivity index (χ0n) is 11.9. The van der Waals surface area contributed by atoms with Crippen molar-refractivity contribution in [2.75, 3.05) is 13.7 Å². The molecule has 7 nitrogen and oxygen atoms in total. The number of nitrogens with zero attached hydrogens (tertiary/aromatic N) is 4. The van der Waals surface area contributed by atoms with Gasteiger partial charge in [-0.2, -0.15) is 0 Å². The fraction of sp³-hybridized carbons (Fsp3) is 0.357. The van der Waals surface area contributed by atoms with Gasteiger partial charge < -0.3 is 10.1 Å². The second-order valence-corrected chi connectivity index (χ2v) is 4.82. The van der Waals surface area contributed by atoms with Crippen molar-refractivity contribution in [3.05, 3.63) is 34.9 Å². The van der Waals surface area contributed by atoms with Gasteiger partial charge in [-0.1, -0.05) is 0 Å². The van der Waals surface area contributed by atoms with E-state index in [1.807, 2.05) is 6.92 Å². The maximum atomic E-state index is 11.9. The first-order chi connectivity index (χ1) is 10.2. The summed E-state index contributed by atoms with van der Waals surface area (Å²) in [6, 6.07) is 0. The average molecular weight is 285 g/mol. The maximum absolute atomic E-state index is 11.9. The summed E-state index contributed by atoms with van der Waals surface area (Å²) < 4.78 is 4.82. The van der Waals surface area contributed by atoms with Crippen molar-refractivity contribution in [2.24, 2.45) is 0 Å². The van der Waals surface area contributed by atoms with Gasteiger partial charge in [0.1, 0.15) is 0 Å². The Bertz CT molecular complexity index is 685. The molecule has 0 bridgehead atoms. The predicted octanol–water partition coefficient (Wildman–Crippen LogP) is 0.674. The highest BCUT2D eigenvalue weighted by Crippen LogP contribution is 2.20. The Morgan fingerprint density at radius 1 is 1.24 bits per heavy atom. The molecule has 0 amide bonds. The Labute approximate surface area is 121 Å². The fourth-order valence-electron chi connectivity index (χ4n) is 2.23. The molecule has 2 aromatic heterocycles. The molecule has 0 atom stereocenters. The van der Waals surface area contributed by atoms with E-state index in [1.54, 1.807) is 12.4 Å². The predicted molar refractivity (Wildman–Crippen MR) is 74.5 cm³/mol. The summed E-state index contributed by atoms with van der Waals surface area (Å²) in [5.41, 5.74) is 2.90. The van der Waals surface area contributed by atoms with Gasteiger partial charge >= 0.3 is 5.97 Å². The van der Waals surface area contributed by atoms with E-state index in [1.165, 1.54) is 7.11 Å². The molecule has 2 aromatic rings. The summed E-state index contributed by atoms with van der Waals surface area (Å²) >= 11 is 0. The molecule has 0 radical (unpaired) electrons. The van der Waals surface area contributed by atoms with Crippen LogP contribution in [-0.2, 0) is 17.7 Å². The van der Waals surface area contributed by atoms with E-state index < -0.39 is 5.97 Å². The van der Waals surface area contributed by atoms with Crippen LogP contribution in [0.2, 0.25) is 0 Å². The second-order valence-electron chi connectivity index (χ2n) is 4.82. The first-order valence-corrected chi connectivity index (χ1v) is 6.67. The van der Waals surface area contributed by atoms with Crippen molar-refractivity contribution < 1.29 is 9.53 Å². The van der Waals surface area contributed by atoms with Crippen LogP contribution in [0.25, 0.3) is 11.6 Å². The number of aryl methyl sites for hydroxylation is 1. The summed E-state index contributed by atoms with van der Waals surface area (Å²) in [6.07, 6.45) is 4.09. The number of carbonyl (C=O) groups is 1. The summed E-state index contributed by atoms with van der Waals surface area (Å²) in [4.78, 5) is 29.2. The summed E-state index contributed by atoms with van der Waals surface area (Å²) in [5, 5.41) is 3.23. The van der Waals surface area contributed by atoms with E-state index in [9.17, 15) is 4.79 Å². The number of fused-ring (bicyclic) bond motifs is 1. The van der Waals surface area contributed by atoms with Crippen LogP contribution in [0.15, 0.2) is 12.4 Å². The number of hydrogen-bond acceptors (Lipinski definition) is 7. The van der Waals surface area contributed by atoms with Gasteiger partial charge in [0, 0.05) is 24.5 Å². The lowest BCUT2D eigenvalue weighted by atomic mass is 10.0. The molecule has 3 heterocycles. The van der Waals surface area contributed by atoms with E-state index in [4.69, 9.17) is 4.74 Å². The highest BCUT2D eigenvalue weighted by molar-refractivity contribution is 5.89. The first-order valence-electron chi connectivity index (χ1n) is 6.67. The fourth-order valence-corrected chi connectivity index (χ4v) is 2.23. The molecular formula is C14H15N5O2. The molecule has 0 spiro atoms. The van der Waals surface area contributed by atoms with Crippen LogP contribution in [0.5, 0.6) is 0 Å². The van der Waals surface area contributed by atoms with Crippen molar-refractivity contribution in [1.82, 2.24) is 25.3 Å². The number of rotatable bonds is 2. The van der Waals surface area contributed by atoms with Gasteiger partial charge in [0.25, 0.3) is 0 Å². The van der Waals surface area contributed by atoms with E-state index in [-0.39, 0.29) is 0 Å². The largest absolute Gasteiger partial charge is 0.464 e. The van der Waals surface area contributed by atoms with Crippen molar-refractivity contribution in [1.29, 1.82) is 0 Å². The van der Waals surface area contributed by atoms with E-state index in [0.29, 0.717) is 30.3 Å². The Morgan fingerprint density at radius 3 is 2.71 bits per heavy atom. The number of ether oxygens (including phenoxy) is 1. The molecule has 0 unspecified atom stereocenters. The standard InChI is InChI=1S/C14H15N5O2/c1-8-5-16-12(17-6-8)13-18-10-7-15-4-3-9(10)11(19-13)14(20)21-2/h5-6,15H,3-4,7H2,1-2H3. The summed E-state index contributed by atoms with van der Waals surface area (Å²) in [7, 11) is 1.35. The topological polar surface area (TPSA) is 89.9 Å². The molecule has 0 aliphatic carbocycles. The summed E-state index contributed by atoms with van der Waals surface area (Å²) in [6.45, 7) is 3.29. The molecule has 3 rings (SSSR count). The van der Waals surface area contributed by atoms with Crippen LogP contribution >= 0.6 is 0 Å². The lowest BCUT2D eigenvalue weighted by molar-refractivity contribution is 0.0592. The number of methoxy groups -OCH3 is 1. The molecule has 0 aromatic carbocycles. The van der Waals surface area contributed by atoms with Gasteiger partial charge in [-0.15, -0.1) is 0 Å². The van der Waals surface area contributed by atoms with Gasteiger partial charge in [0.2, 0.25) is 0 Å². The Balaban J connectivity index is 2.13. The molecule has 1 N–H and O–H groups in total. The van der Waals surface area contributed by atoms with Crippen molar-refractivity contribution >= 4 is 5.97 Å². The second kappa shape index (κ2) is 5.53. The minimum atomic E-state index is -0.455. The number of esters is 1. The Hall–Kier alpha value is -2.41.